The van der Waals surface area contributed by atoms with E-state index in [1.165, 1.54) is 22.9 Å². The standard InChI is InChI=1S/2C15H28N2/c1-13(2,3)11-10-17(15(7,8)9)12(16-11)14(4,5)6;1-13(2,3)11-10-12(14(4,5)6)17(16-11)15(7,8)9/h2*10H,1-9H3. The number of aromatic nitrogens is 4. The lowest BCUT2D eigenvalue weighted by Gasteiger charge is -2.28. The maximum atomic E-state index is 4.88. The van der Waals surface area contributed by atoms with Crippen molar-refractivity contribution < 1.29 is 0 Å². The zero-order valence-electron chi connectivity index (χ0n) is 25.9. The lowest BCUT2D eigenvalue weighted by molar-refractivity contribution is 0.318. The van der Waals surface area contributed by atoms with Gasteiger partial charge in [0.15, 0.2) is 0 Å². The molecule has 0 spiro atoms. The predicted molar refractivity (Wildman–Crippen MR) is 149 cm³/mol. The molecule has 0 bridgehead atoms. The van der Waals surface area contributed by atoms with Gasteiger partial charge in [0.1, 0.15) is 5.82 Å². The van der Waals surface area contributed by atoms with E-state index in [-0.39, 0.29) is 32.7 Å². The molecular formula is C30H56N4. The molecule has 4 heteroatoms. The van der Waals surface area contributed by atoms with Crippen molar-refractivity contribution in [1.29, 1.82) is 0 Å². The summed E-state index contributed by atoms with van der Waals surface area (Å²) in [6, 6.07) is 2.27. The van der Waals surface area contributed by atoms with Gasteiger partial charge in [-0.3, -0.25) is 4.68 Å². The fraction of sp³-hybridized carbons (Fsp3) is 0.800. The van der Waals surface area contributed by atoms with Crippen LogP contribution in [0.5, 0.6) is 0 Å². The van der Waals surface area contributed by atoms with E-state index in [9.17, 15) is 0 Å². The molecule has 2 rings (SSSR count). The average molecular weight is 473 g/mol. The van der Waals surface area contributed by atoms with Gasteiger partial charge in [0, 0.05) is 39.1 Å². The molecule has 0 aliphatic carbocycles. The Bertz CT molecular complexity index is 801. The van der Waals surface area contributed by atoms with Crippen LogP contribution in [-0.4, -0.2) is 19.3 Å². The van der Waals surface area contributed by atoms with Crippen LogP contribution in [0.2, 0.25) is 0 Å². The molecule has 2 heterocycles. The van der Waals surface area contributed by atoms with Crippen LogP contribution in [0.15, 0.2) is 12.3 Å². The van der Waals surface area contributed by atoms with E-state index in [0.29, 0.717) is 0 Å². The Morgan fingerprint density at radius 3 is 1.21 bits per heavy atom. The van der Waals surface area contributed by atoms with Crippen molar-refractivity contribution in [3.05, 3.63) is 35.2 Å². The van der Waals surface area contributed by atoms with Gasteiger partial charge in [0.05, 0.1) is 16.9 Å². The third kappa shape index (κ3) is 7.71. The van der Waals surface area contributed by atoms with Gasteiger partial charge in [-0.1, -0.05) is 83.1 Å². The maximum absolute atomic E-state index is 4.88. The molecule has 0 aromatic carbocycles. The van der Waals surface area contributed by atoms with Gasteiger partial charge in [-0.25, -0.2) is 4.98 Å². The van der Waals surface area contributed by atoms with Gasteiger partial charge < -0.3 is 4.57 Å². The van der Waals surface area contributed by atoms with Crippen LogP contribution in [0.4, 0.5) is 0 Å². The molecule has 0 saturated heterocycles. The zero-order valence-corrected chi connectivity index (χ0v) is 25.9. The second-order valence-corrected chi connectivity index (χ2v) is 16.0. The van der Waals surface area contributed by atoms with Crippen LogP contribution in [0, 0.1) is 0 Å². The minimum absolute atomic E-state index is 0.0338. The Labute approximate surface area is 211 Å². The first-order chi connectivity index (χ1) is 14.7. The predicted octanol–water partition coefficient (Wildman–Crippen LogP) is 8.47. The fourth-order valence-electron chi connectivity index (χ4n) is 3.58. The number of hydrogen-bond acceptors (Lipinski definition) is 2. The summed E-state index contributed by atoms with van der Waals surface area (Å²) in [7, 11) is 0. The Balaban J connectivity index is 0.000000340. The van der Waals surface area contributed by atoms with Crippen LogP contribution in [0.1, 0.15) is 148 Å². The zero-order chi connectivity index (χ0) is 27.3. The van der Waals surface area contributed by atoms with E-state index >= 15 is 0 Å². The summed E-state index contributed by atoms with van der Waals surface area (Å²) in [5.74, 6) is 1.18. The van der Waals surface area contributed by atoms with E-state index in [4.69, 9.17) is 10.1 Å². The first-order valence-corrected chi connectivity index (χ1v) is 12.9. The average Bonchev–Trinajstić information content (AvgIpc) is 3.18. The molecule has 2 aromatic heterocycles. The first kappa shape index (κ1) is 30.5. The van der Waals surface area contributed by atoms with Gasteiger partial charge in [-0.15, -0.1) is 0 Å². The molecule has 0 atom stereocenters. The number of rotatable bonds is 0. The molecule has 0 aliphatic rings. The molecule has 0 fully saturated rings. The molecule has 4 nitrogen and oxygen atoms in total. The van der Waals surface area contributed by atoms with Crippen molar-refractivity contribution >= 4 is 0 Å². The van der Waals surface area contributed by atoms with Crippen LogP contribution in [0.3, 0.4) is 0 Å². The minimum atomic E-state index is 0.0338. The van der Waals surface area contributed by atoms with Crippen LogP contribution >= 0.6 is 0 Å². The SMILES string of the molecule is CC(C)(C)c1cc(C(C)(C)C)n(C(C)(C)C)n1.CC(C)(C)c1cn(C(C)(C)C)c(C(C)(C)C)n1. The van der Waals surface area contributed by atoms with E-state index < -0.39 is 0 Å². The smallest absolute Gasteiger partial charge is 0.114 e. The third-order valence-electron chi connectivity index (χ3n) is 5.75. The number of hydrogen-bond donors (Lipinski definition) is 0. The number of nitrogens with zero attached hydrogens (tertiary/aromatic N) is 4. The summed E-state index contributed by atoms with van der Waals surface area (Å²) in [4.78, 5) is 4.88. The molecule has 2 aromatic rings. The highest BCUT2D eigenvalue weighted by Gasteiger charge is 2.31. The summed E-state index contributed by atoms with van der Waals surface area (Å²) in [6.07, 6.45) is 2.22. The third-order valence-corrected chi connectivity index (χ3v) is 5.75. The van der Waals surface area contributed by atoms with E-state index in [1.54, 1.807) is 0 Å². The topological polar surface area (TPSA) is 35.6 Å². The van der Waals surface area contributed by atoms with Gasteiger partial charge in [0.2, 0.25) is 0 Å². The van der Waals surface area contributed by atoms with Crippen molar-refractivity contribution in [2.45, 2.75) is 157 Å². The van der Waals surface area contributed by atoms with E-state index in [1.807, 2.05) is 0 Å². The molecule has 34 heavy (non-hydrogen) atoms. The van der Waals surface area contributed by atoms with Crippen molar-refractivity contribution in [2.75, 3.05) is 0 Å². The first-order valence-electron chi connectivity index (χ1n) is 12.9. The summed E-state index contributed by atoms with van der Waals surface area (Å²) >= 11 is 0. The largest absolute Gasteiger partial charge is 0.329 e. The van der Waals surface area contributed by atoms with Gasteiger partial charge in [-0.2, -0.15) is 5.10 Å². The Hall–Kier alpha value is -1.58. The molecular weight excluding hydrogens is 416 g/mol. The van der Waals surface area contributed by atoms with Gasteiger partial charge >= 0.3 is 0 Å². The highest BCUT2D eigenvalue weighted by molar-refractivity contribution is 5.24. The van der Waals surface area contributed by atoms with Gasteiger partial charge in [-0.05, 0) is 47.6 Å². The molecule has 0 unspecified atom stereocenters. The lowest BCUT2D eigenvalue weighted by atomic mass is 9.87. The number of imidazole rings is 1. The highest BCUT2D eigenvalue weighted by Crippen LogP contribution is 2.33. The second kappa shape index (κ2) is 9.13. The normalized spacial score (nSPS) is 14.2. The summed E-state index contributed by atoms with van der Waals surface area (Å²) in [5, 5.41) is 4.84. The Morgan fingerprint density at radius 2 is 0.971 bits per heavy atom. The molecule has 0 radical (unpaired) electrons. The quantitative estimate of drug-likeness (QED) is 0.385. The van der Waals surface area contributed by atoms with Gasteiger partial charge in [0.25, 0.3) is 0 Å². The van der Waals surface area contributed by atoms with Crippen molar-refractivity contribution in [3.8, 4) is 0 Å². The molecule has 0 N–H and O–H groups in total. The van der Waals surface area contributed by atoms with Crippen LogP contribution in [0.25, 0.3) is 0 Å². The van der Waals surface area contributed by atoms with Crippen molar-refractivity contribution in [3.63, 3.8) is 0 Å². The minimum Gasteiger partial charge on any atom is -0.329 e. The molecule has 0 aliphatic heterocycles. The summed E-state index contributed by atoms with van der Waals surface area (Å²) in [5.41, 5.74) is 4.21. The van der Waals surface area contributed by atoms with Crippen LogP contribution < -0.4 is 0 Å². The lowest BCUT2D eigenvalue weighted by Crippen LogP contribution is -2.30. The Kier molecular flexibility index (Phi) is 8.18. The Morgan fingerprint density at radius 1 is 0.529 bits per heavy atom. The van der Waals surface area contributed by atoms with E-state index in [0.717, 1.165) is 0 Å². The molecule has 196 valence electrons. The molecule has 0 amide bonds. The van der Waals surface area contributed by atoms with Crippen molar-refractivity contribution in [2.24, 2.45) is 0 Å². The second-order valence-electron chi connectivity index (χ2n) is 16.0. The highest BCUT2D eigenvalue weighted by atomic mass is 15.3. The summed E-state index contributed by atoms with van der Waals surface area (Å²) in [6.45, 7) is 40.1. The maximum Gasteiger partial charge on any atom is 0.114 e. The van der Waals surface area contributed by atoms with E-state index in [2.05, 4.69) is 146 Å². The monoisotopic (exact) mass is 472 g/mol. The summed E-state index contributed by atoms with van der Waals surface area (Å²) < 4.78 is 4.52. The fourth-order valence-corrected chi connectivity index (χ4v) is 3.58. The molecule has 0 saturated carbocycles. The van der Waals surface area contributed by atoms with Crippen LogP contribution in [-0.2, 0) is 32.7 Å². The van der Waals surface area contributed by atoms with Crippen molar-refractivity contribution in [1.82, 2.24) is 19.3 Å².